The van der Waals surface area contributed by atoms with Gasteiger partial charge < -0.3 is 19.3 Å². The average molecular weight is 565 g/mol. The van der Waals surface area contributed by atoms with Crippen molar-refractivity contribution in [3.63, 3.8) is 0 Å². The number of amides is 2. The van der Waals surface area contributed by atoms with Crippen LogP contribution in [0, 0.1) is 0 Å². The molecule has 1 fully saturated rings. The molecule has 5 rings (SSSR count). The van der Waals surface area contributed by atoms with Crippen LogP contribution in [0.2, 0.25) is 5.02 Å². The fourth-order valence-electron chi connectivity index (χ4n) is 4.20. The zero-order valence-electron chi connectivity index (χ0n) is 22.8. The van der Waals surface area contributed by atoms with E-state index in [0.717, 1.165) is 61.1 Å². The van der Waals surface area contributed by atoms with E-state index in [4.69, 9.17) is 25.6 Å². The Kier molecular flexibility index (Phi) is 8.39. The molecule has 0 atom stereocenters. The molecule has 0 unspecified atom stereocenters. The topological polar surface area (TPSA) is 118 Å². The Morgan fingerprint density at radius 1 is 1.05 bits per heavy atom. The molecule has 0 aliphatic carbocycles. The summed E-state index contributed by atoms with van der Waals surface area (Å²) in [5.74, 6) is 1.83. The van der Waals surface area contributed by atoms with E-state index in [9.17, 15) is 4.79 Å². The first kappa shape index (κ1) is 27.7. The van der Waals surface area contributed by atoms with Gasteiger partial charge in [-0.1, -0.05) is 43.6 Å². The minimum absolute atomic E-state index is 0.213. The van der Waals surface area contributed by atoms with E-state index in [0.29, 0.717) is 28.9 Å². The number of ether oxygens (including phenoxy) is 2. The molecule has 2 aromatic heterocycles. The standard InChI is InChI=1S/C29H33ClN6O4/c1-29(2,3)26-18-27(35-40-26)32-28(37)31-23-9-6-20(16-22(23)30)25-17-24(33-34-25)19-4-7-21(8-5-19)39-15-12-36-10-13-38-14-11-36/h4-9,16-18H,10-15H2,1-3H3,(H,33,34)(H2,31,32,35,37). The van der Waals surface area contributed by atoms with E-state index in [1.54, 1.807) is 18.2 Å². The number of rotatable bonds is 8. The molecule has 2 aromatic carbocycles. The lowest BCUT2D eigenvalue weighted by molar-refractivity contribution is 0.0322. The van der Waals surface area contributed by atoms with Gasteiger partial charge in [0.1, 0.15) is 18.1 Å². The number of halogens is 1. The number of anilines is 2. The number of H-pyrrole nitrogens is 1. The third-order valence-corrected chi connectivity index (χ3v) is 6.84. The van der Waals surface area contributed by atoms with Gasteiger partial charge in [-0.05, 0) is 48.0 Å². The molecular weight excluding hydrogens is 532 g/mol. The van der Waals surface area contributed by atoms with Crippen LogP contribution in [0.25, 0.3) is 22.5 Å². The van der Waals surface area contributed by atoms with Gasteiger partial charge in [0.15, 0.2) is 5.82 Å². The molecule has 10 nitrogen and oxygen atoms in total. The van der Waals surface area contributed by atoms with E-state index in [2.05, 4.69) is 30.9 Å². The molecule has 0 saturated carbocycles. The summed E-state index contributed by atoms with van der Waals surface area (Å²) in [6, 6.07) is 16.4. The van der Waals surface area contributed by atoms with Gasteiger partial charge in [-0.3, -0.25) is 15.3 Å². The molecular formula is C29H33ClN6O4. The molecule has 1 saturated heterocycles. The summed E-state index contributed by atoms with van der Waals surface area (Å²) in [5, 5.41) is 17.2. The predicted molar refractivity (Wildman–Crippen MR) is 155 cm³/mol. The molecule has 210 valence electrons. The number of nitrogens with one attached hydrogen (secondary N) is 3. The van der Waals surface area contributed by atoms with Crippen LogP contribution >= 0.6 is 11.6 Å². The number of morpholine rings is 1. The summed E-state index contributed by atoms with van der Waals surface area (Å²) in [7, 11) is 0. The highest BCUT2D eigenvalue weighted by Gasteiger charge is 2.20. The second-order valence-corrected chi connectivity index (χ2v) is 11.0. The third kappa shape index (κ3) is 7.01. The van der Waals surface area contributed by atoms with Crippen LogP contribution in [-0.2, 0) is 10.2 Å². The van der Waals surface area contributed by atoms with E-state index in [1.165, 1.54) is 0 Å². The maximum Gasteiger partial charge on any atom is 0.324 e. The van der Waals surface area contributed by atoms with Crippen molar-refractivity contribution in [1.29, 1.82) is 0 Å². The van der Waals surface area contributed by atoms with E-state index >= 15 is 0 Å². The van der Waals surface area contributed by atoms with Gasteiger partial charge in [0.25, 0.3) is 0 Å². The molecule has 4 aromatic rings. The Morgan fingerprint density at radius 3 is 2.50 bits per heavy atom. The first-order valence-corrected chi connectivity index (χ1v) is 13.6. The monoisotopic (exact) mass is 564 g/mol. The highest BCUT2D eigenvalue weighted by Crippen LogP contribution is 2.31. The fourth-order valence-corrected chi connectivity index (χ4v) is 4.43. The van der Waals surface area contributed by atoms with Crippen molar-refractivity contribution in [2.24, 2.45) is 0 Å². The van der Waals surface area contributed by atoms with Crippen molar-refractivity contribution in [2.75, 3.05) is 50.1 Å². The fraction of sp³-hybridized carbons (Fsp3) is 0.345. The first-order chi connectivity index (χ1) is 19.2. The van der Waals surface area contributed by atoms with Crippen LogP contribution in [0.15, 0.2) is 59.1 Å². The number of carbonyl (C=O) groups excluding carboxylic acids is 1. The molecule has 3 N–H and O–H groups in total. The average Bonchev–Trinajstić information content (AvgIpc) is 3.61. The molecule has 11 heteroatoms. The quantitative estimate of drug-likeness (QED) is 0.239. The number of hydrogen-bond acceptors (Lipinski definition) is 7. The summed E-state index contributed by atoms with van der Waals surface area (Å²) < 4.78 is 16.6. The number of urea groups is 1. The smallest absolute Gasteiger partial charge is 0.324 e. The van der Waals surface area contributed by atoms with Gasteiger partial charge >= 0.3 is 6.03 Å². The van der Waals surface area contributed by atoms with Crippen LogP contribution in [0.4, 0.5) is 16.3 Å². The lowest BCUT2D eigenvalue weighted by Crippen LogP contribution is -2.38. The number of aromatic nitrogens is 3. The van der Waals surface area contributed by atoms with Gasteiger partial charge in [0.2, 0.25) is 0 Å². The van der Waals surface area contributed by atoms with E-state index < -0.39 is 6.03 Å². The van der Waals surface area contributed by atoms with Crippen LogP contribution in [-0.4, -0.2) is 65.7 Å². The van der Waals surface area contributed by atoms with Crippen molar-refractivity contribution >= 4 is 29.1 Å². The zero-order valence-corrected chi connectivity index (χ0v) is 23.5. The Labute approximate surface area is 238 Å². The summed E-state index contributed by atoms with van der Waals surface area (Å²) >= 11 is 6.48. The molecule has 40 heavy (non-hydrogen) atoms. The second-order valence-electron chi connectivity index (χ2n) is 10.6. The van der Waals surface area contributed by atoms with Crippen molar-refractivity contribution < 1.29 is 18.8 Å². The minimum Gasteiger partial charge on any atom is -0.492 e. The summed E-state index contributed by atoms with van der Waals surface area (Å²) in [6.07, 6.45) is 0. The third-order valence-electron chi connectivity index (χ3n) is 6.53. The van der Waals surface area contributed by atoms with Crippen LogP contribution in [0.5, 0.6) is 5.75 Å². The number of hydrogen-bond donors (Lipinski definition) is 3. The van der Waals surface area contributed by atoms with E-state index in [-0.39, 0.29) is 5.41 Å². The first-order valence-electron chi connectivity index (χ1n) is 13.2. The summed E-state index contributed by atoms with van der Waals surface area (Å²) in [5.41, 5.74) is 3.65. The van der Waals surface area contributed by atoms with Crippen molar-refractivity contribution in [3.8, 4) is 28.3 Å². The van der Waals surface area contributed by atoms with Crippen LogP contribution in [0.3, 0.4) is 0 Å². The number of aromatic amines is 1. The van der Waals surface area contributed by atoms with Crippen molar-refractivity contribution in [3.05, 3.63) is 65.4 Å². The van der Waals surface area contributed by atoms with Crippen LogP contribution < -0.4 is 15.4 Å². The highest BCUT2D eigenvalue weighted by atomic mass is 35.5. The number of benzene rings is 2. The lowest BCUT2D eigenvalue weighted by atomic mass is 9.93. The lowest BCUT2D eigenvalue weighted by Gasteiger charge is -2.26. The zero-order chi connectivity index (χ0) is 28.1. The Morgan fingerprint density at radius 2 is 1.80 bits per heavy atom. The Bertz CT molecular complexity index is 1440. The predicted octanol–water partition coefficient (Wildman–Crippen LogP) is 6.04. The number of nitrogens with zero attached hydrogens (tertiary/aromatic N) is 3. The van der Waals surface area contributed by atoms with Gasteiger partial charge in [-0.25, -0.2) is 4.79 Å². The molecule has 0 radical (unpaired) electrons. The molecule has 2 amide bonds. The largest absolute Gasteiger partial charge is 0.492 e. The summed E-state index contributed by atoms with van der Waals surface area (Å²) in [4.78, 5) is 14.8. The van der Waals surface area contributed by atoms with Crippen LogP contribution in [0.1, 0.15) is 26.5 Å². The normalized spacial score (nSPS) is 14.2. The van der Waals surface area contributed by atoms with Gasteiger partial charge in [0.05, 0.1) is 35.3 Å². The maximum absolute atomic E-state index is 12.5. The molecule has 1 aliphatic heterocycles. The Hall–Kier alpha value is -3.86. The second kappa shape index (κ2) is 12.1. The van der Waals surface area contributed by atoms with E-state index in [1.807, 2.05) is 57.2 Å². The highest BCUT2D eigenvalue weighted by molar-refractivity contribution is 6.34. The van der Waals surface area contributed by atoms with Gasteiger partial charge in [-0.15, -0.1) is 0 Å². The van der Waals surface area contributed by atoms with Crippen molar-refractivity contribution in [2.45, 2.75) is 26.2 Å². The molecule has 3 heterocycles. The molecule has 0 bridgehead atoms. The number of carbonyl (C=O) groups is 1. The Balaban J connectivity index is 1.16. The molecule has 0 spiro atoms. The molecule has 1 aliphatic rings. The summed E-state index contributed by atoms with van der Waals surface area (Å²) in [6.45, 7) is 11.0. The van der Waals surface area contributed by atoms with Crippen molar-refractivity contribution in [1.82, 2.24) is 20.3 Å². The minimum atomic E-state index is -0.473. The maximum atomic E-state index is 12.5. The van der Waals surface area contributed by atoms with Gasteiger partial charge in [-0.2, -0.15) is 5.10 Å². The van der Waals surface area contributed by atoms with Gasteiger partial charge in [0, 0.05) is 36.7 Å². The SMILES string of the molecule is CC(C)(C)c1cc(NC(=O)Nc2ccc(-c3cc(-c4ccc(OCCN5CCOCC5)cc4)[nH]n3)cc2Cl)no1.